The van der Waals surface area contributed by atoms with Crippen LogP contribution in [-0.2, 0) is 0 Å². The highest BCUT2D eigenvalue weighted by Gasteiger charge is 1.96. The van der Waals surface area contributed by atoms with Crippen LogP contribution < -0.4 is 10.4 Å². The minimum absolute atomic E-state index is 1.14. The molecule has 0 saturated carbocycles. The fourth-order valence-corrected chi connectivity index (χ4v) is 1.65. The van der Waals surface area contributed by atoms with Crippen LogP contribution in [0.15, 0.2) is 25.3 Å². The highest BCUT2D eigenvalue weighted by Crippen LogP contribution is 2.04. The van der Waals surface area contributed by atoms with Gasteiger partial charge >= 0.3 is 0 Å². The Hall–Kier alpha value is -1.56. The van der Waals surface area contributed by atoms with Crippen LogP contribution in [0.5, 0.6) is 0 Å². The summed E-state index contributed by atoms with van der Waals surface area (Å²) in [7, 11) is 0. The second-order valence-corrected chi connectivity index (χ2v) is 3.06. The van der Waals surface area contributed by atoms with Crippen molar-refractivity contribution in [3.8, 4) is 0 Å². The Morgan fingerprint density at radius 2 is 1.71 bits per heavy atom. The fraction of sp³-hybridized carbons (Fsp3) is 0.143. The first-order valence-corrected chi connectivity index (χ1v) is 4.79. The molecule has 0 aromatic heterocycles. The lowest BCUT2D eigenvalue weighted by atomic mass is 10.0. The number of hydrogen-bond donors (Lipinski definition) is 0. The number of benzene rings is 1. The van der Waals surface area contributed by atoms with Gasteiger partial charge in [0.25, 0.3) is 0 Å². The van der Waals surface area contributed by atoms with Crippen molar-refractivity contribution in [1.29, 1.82) is 0 Å². The van der Waals surface area contributed by atoms with Gasteiger partial charge in [-0.05, 0) is 35.4 Å². The van der Waals surface area contributed by atoms with Crippen LogP contribution in [0.3, 0.4) is 0 Å². The second kappa shape index (κ2) is 4.61. The van der Waals surface area contributed by atoms with E-state index >= 15 is 0 Å². The van der Waals surface area contributed by atoms with Crippen LogP contribution in [0.4, 0.5) is 0 Å². The zero-order valence-electron chi connectivity index (χ0n) is 8.88. The van der Waals surface area contributed by atoms with E-state index in [1.807, 2.05) is 26.0 Å². The highest BCUT2D eigenvalue weighted by atomic mass is 14.0. The summed E-state index contributed by atoms with van der Waals surface area (Å²) < 4.78 is 0. The largest absolute Gasteiger partial charge is 0.0984 e. The minimum Gasteiger partial charge on any atom is -0.0984 e. The molecule has 0 radical (unpaired) electrons. The van der Waals surface area contributed by atoms with Crippen molar-refractivity contribution in [1.82, 2.24) is 0 Å². The lowest BCUT2D eigenvalue weighted by Crippen LogP contribution is -2.27. The number of hydrogen-bond acceptors (Lipinski definition) is 0. The molecule has 1 rings (SSSR count). The van der Waals surface area contributed by atoms with Crippen molar-refractivity contribution >= 4 is 24.3 Å². The van der Waals surface area contributed by atoms with Gasteiger partial charge in [0.05, 0.1) is 0 Å². The summed E-state index contributed by atoms with van der Waals surface area (Å²) in [5.41, 5.74) is 2.30. The van der Waals surface area contributed by atoms with Gasteiger partial charge in [0.2, 0.25) is 0 Å². The van der Waals surface area contributed by atoms with Crippen LogP contribution in [-0.4, -0.2) is 0 Å². The van der Waals surface area contributed by atoms with Gasteiger partial charge in [0.1, 0.15) is 0 Å². The topological polar surface area (TPSA) is 0 Å². The normalized spacial score (nSPS) is 13.0. The van der Waals surface area contributed by atoms with Crippen LogP contribution in [0.1, 0.15) is 25.0 Å². The Bertz CT molecular complexity index is 462. The minimum atomic E-state index is 1.14. The molecule has 0 saturated heterocycles. The van der Waals surface area contributed by atoms with Crippen LogP contribution >= 0.6 is 0 Å². The van der Waals surface area contributed by atoms with E-state index in [1.165, 1.54) is 10.4 Å². The van der Waals surface area contributed by atoms with Gasteiger partial charge in [-0.1, -0.05) is 49.6 Å². The predicted octanol–water partition coefficient (Wildman–Crippen LogP) is 2.57. The molecule has 0 amide bonds. The average molecular weight is 184 g/mol. The second-order valence-electron chi connectivity index (χ2n) is 3.06. The lowest BCUT2D eigenvalue weighted by molar-refractivity contribution is 1.45. The molecular formula is C14H16. The molecule has 0 spiro atoms. The third-order valence-electron chi connectivity index (χ3n) is 2.38. The van der Waals surface area contributed by atoms with Crippen LogP contribution in [0, 0.1) is 0 Å². The lowest BCUT2D eigenvalue weighted by Gasteiger charge is -2.02. The predicted molar refractivity (Wildman–Crippen MR) is 66.2 cm³/mol. The van der Waals surface area contributed by atoms with Crippen molar-refractivity contribution in [3.05, 3.63) is 46.9 Å². The molecule has 14 heavy (non-hydrogen) atoms. The summed E-state index contributed by atoms with van der Waals surface area (Å²) in [5.74, 6) is 0. The van der Waals surface area contributed by atoms with Gasteiger partial charge in [-0.15, -0.1) is 0 Å². The Labute approximate surface area is 85.6 Å². The molecule has 0 nitrogen and oxygen atoms in total. The molecule has 1 aromatic carbocycles. The maximum atomic E-state index is 3.84. The van der Waals surface area contributed by atoms with Gasteiger partial charge in [-0.2, -0.15) is 0 Å². The van der Waals surface area contributed by atoms with Crippen LogP contribution in [0.25, 0.3) is 24.3 Å². The van der Waals surface area contributed by atoms with Gasteiger partial charge in [-0.25, -0.2) is 0 Å². The van der Waals surface area contributed by atoms with Crippen LogP contribution in [0.2, 0.25) is 0 Å². The van der Waals surface area contributed by atoms with Crippen molar-refractivity contribution < 1.29 is 0 Å². The Morgan fingerprint density at radius 3 is 2.14 bits per heavy atom. The van der Waals surface area contributed by atoms with Gasteiger partial charge in [-0.3, -0.25) is 0 Å². The molecule has 0 N–H and O–H groups in total. The third kappa shape index (κ3) is 1.69. The maximum absolute atomic E-state index is 3.84. The molecule has 72 valence electrons. The first kappa shape index (κ1) is 10.5. The van der Waals surface area contributed by atoms with Gasteiger partial charge in [0.15, 0.2) is 0 Å². The van der Waals surface area contributed by atoms with Crippen molar-refractivity contribution in [2.45, 2.75) is 13.8 Å². The maximum Gasteiger partial charge on any atom is -0.0115 e. The molecule has 0 fully saturated rings. The Balaban J connectivity index is 3.80. The van der Waals surface area contributed by atoms with E-state index in [9.17, 15) is 0 Å². The SMILES string of the molecule is C=Cc1ccc(=C/C)/c(=C\C)c1C=C. The summed E-state index contributed by atoms with van der Waals surface area (Å²) in [5, 5.41) is 2.48. The van der Waals surface area contributed by atoms with E-state index in [4.69, 9.17) is 0 Å². The quantitative estimate of drug-likeness (QED) is 0.662. The standard InChI is InChI=1S/C14H16/c1-5-11-9-10-12(6-2)14(8-4)13(11)7-3/h5-10H,1,3H2,2,4H3/b12-6-,14-8+. The monoisotopic (exact) mass is 184 g/mol. The summed E-state index contributed by atoms with van der Waals surface area (Å²) in [6, 6.07) is 4.19. The summed E-state index contributed by atoms with van der Waals surface area (Å²) >= 11 is 0. The third-order valence-corrected chi connectivity index (χ3v) is 2.38. The Morgan fingerprint density at radius 1 is 1.00 bits per heavy atom. The molecule has 0 heterocycles. The molecule has 0 unspecified atom stereocenters. The van der Waals surface area contributed by atoms with Gasteiger partial charge in [0, 0.05) is 0 Å². The first-order chi connectivity index (χ1) is 6.78. The summed E-state index contributed by atoms with van der Waals surface area (Å²) in [6.45, 7) is 11.7. The van der Waals surface area contributed by atoms with Crippen molar-refractivity contribution in [3.63, 3.8) is 0 Å². The van der Waals surface area contributed by atoms with E-state index < -0.39 is 0 Å². The molecule has 1 aromatic rings. The molecular weight excluding hydrogens is 168 g/mol. The van der Waals surface area contributed by atoms with Gasteiger partial charge < -0.3 is 0 Å². The first-order valence-electron chi connectivity index (χ1n) is 4.79. The zero-order chi connectivity index (χ0) is 10.6. The molecule has 0 aliphatic heterocycles. The summed E-state index contributed by atoms with van der Waals surface area (Å²) in [6.07, 6.45) is 7.97. The molecule has 0 bridgehead atoms. The molecule has 0 atom stereocenters. The number of rotatable bonds is 2. The zero-order valence-corrected chi connectivity index (χ0v) is 8.88. The Kier molecular flexibility index (Phi) is 3.47. The van der Waals surface area contributed by atoms with E-state index in [0.29, 0.717) is 0 Å². The van der Waals surface area contributed by atoms with E-state index in [2.05, 4.69) is 37.4 Å². The molecule has 0 heteroatoms. The summed E-state index contributed by atoms with van der Waals surface area (Å²) in [4.78, 5) is 0. The highest BCUT2D eigenvalue weighted by molar-refractivity contribution is 5.65. The fourth-order valence-electron chi connectivity index (χ4n) is 1.65. The molecule has 0 aliphatic rings. The van der Waals surface area contributed by atoms with E-state index in [0.717, 1.165) is 11.1 Å². The van der Waals surface area contributed by atoms with E-state index in [1.54, 1.807) is 0 Å². The average Bonchev–Trinajstić information content (AvgIpc) is 2.26. The molecule has 0 aliphatic carbocycles. The van der Waals surface area contributed by atoms with Crippen molar-refractivity contribution in [2.75, 3.05) is 0 Å². The smallest absolute Gasteiger partial charge is 0.0115 e. The van der Waals surface area contributed by atoms with E-state index in [-0.39, 0.29) is 0 Å². The van der Waals surface area contributed by atoms with Crippen molar-refractivity contribution in [2.24, 2.45) is 0 Å².